The molecule has 0 unspecified atom stereocenters. The number of nitrogens with zero attached hydrogens (tertiary/aromatic N) is 4. The first-order chi connectivity index (χ1) is 9.11. The second kappa shape index (κ2) is 6.12. The molecular weight excluding hydrogens is 240 g/mol. The number of aryl methyl sites for hydroxylation is 2. The number of fused-ring (bicyclic) bond motifs is 1. The maximum Gasteiger partial charge on any atom is 0.234 e. The summed E-state index contributed by atoms with van der Waals surface area (Å²) in [6, 6.07) is 2.08. The van der Waals surface area contributed by atoms with Crippen LogP contribution in [0, 0.1) is 13.8 Å². The van der Waals surface area contributed by atoms with Gasteiger partial charge >= 0.3 is 0 Å². The highest BCUT2D eigenvalue weighted by atomic mass is 16.5. The fourth-order valence-corrected chi connectivity index (χ4v) is 2.23. The molecule has 0 aromatic carbocycles. The van der Waals surface area contributed by atoms with E-state index in [1.165, 1.54) is 11.4 Å². The summed E-state index contributed by atoms with van der Waals surface area (Å²) in [5.41, 5.74) is 3.35. The summed E-state index contributed by atoms with van der Waals surface area (Å²) in [5, 5.41) is 0. The summed E-state index contributed by atoms with van der Waals surface area (Å²) in [6.45, 7) is 9.40. The molecule has 2 heterocycles. The van der Waals surface area contributed by atoms with E-state index in [0.29, 0.717) is 0 Å². The van der Waals surface area contributed by atoms with Gasteiger partial charge in [-0.25, -0.2) is 9.97 Å². The van der Waals surface area contributed by atoms with E-state index in [-0.39, 0.29) is 0 Å². The molecule has 0 N–H and O–H groups in total. The third kappa shape index (κ3) is 3.30. The Morgan fingerprint density at radius 1 is 1.37 bits per heavy atom. The molecule has 0 aliphatic carbocycles. The lowest BCUT2D eigenvalue weighted by molar-refractivity contribution is 0.120. The van der Waals surface area contributed by atoms with Crippen LogP contribution in [0.5, 0.6) is 0 Å². The smallest absolute Gasteiger partial charge is 0.234 e. The van der Waals surface area contributed by atoms with Crippen LogP contribution in [-0.2, 0) is 11.3 Å². The zero-order valence-electron chi connectivity index (χ0n) is 12.2. The van der Waals surface area contributed by atoms with Crippen molar-refractivity contribution >= 4 is 5.78 Å². The number of hydrogen-bond donors (Lipinski definition) is 0. The van der Waals surface area contributed by atoms with Crippen LogP contribution in [0.2, 0.25) is 0 Å². The van der Waals surface area contributed by atoms with Gasteiger partial charge in [0.15, 0.2) is 0 Å². The average Bonchev–Trinajstić information content (AvgIpc) is 2.72. The fraction of sp³-hybridized carbons (Fsp3) is 0.571. The van der Waals surface area contributed by atoms with Crippen LogP contribution in [-0.4, -0.2) is 46.1 Å². The number of ether oxygens (including phenoxy) is 1. The van der Waals surface area contributed by atoms with Gasteiger partial charge in [0, 0.05) is 31.1 Å². The molecule has 0 amide bonds. The molecule has 19 heavy (non-hydrogen) atoms. The Kier molecular flexibility index (Phi) is 4.50. The van der Waals surface area contributed by atoms with Crippen LogP contribution < -0.4 is 0 Å². The minimum Gasteiger partial charge on any atom is -0.380 e. The van der Waals surface area contributed by atoms with Gasteiger partial charge in [0.1, 0.15) is 0 Å². The summed E-state index contributed by atoms with van der Waals surface area (Å²) >= 11 is 0. The Balaban J connectivity index is 2.13. The van der Waals surface area contributed by atoms with E-state index in [1.54, 1.807) is 0 Å². The first-order valence-electron chi connectivity index (χ1n) is 6.68. The molecule has 104 valence electrons. The molecule has 5 heteroatoms. The second-order valence-electron chi connectivity index (χ2n) is 4.86. The van der Waals surface area contributed by atoms with Gasteiger partial charge in [-0.05, 0) is 33.9 Å². The Bertz CT molecular complexity index is 550. The van der Waals surface area contributed by atoms with Crippen LogP contribution in [0.3, 0.4) is 0 Å². The average molecular weight is 262 g/mol. The lowest BCUT2D eigenvalue weighted by atomic mass is 10.3. The Hall–Kier alpha value is -1.46. The van der Waals surface area contributed by atoms with Crippen molar-refractivity contribution in [3.05, 3.63) is 29.3 Å². The number of imidazole rings is 1. The van der Waals surface area contributed by atoms with Gasteiger partial charge in [0.25, 0.3) is 0 Å². The minimum absolute atomic E-state index is 0.764. The SMILES string of the molecule is CCOCCN(C)Cc1cnc2nc(C)cc(C)n12. The highest BCUT2D eigenvalue weighted by Gasteiger charge is 2.09. The Labute approximate surface area is 114 Å². The van der Waals surface area contributed by atoms with Gasteiger partial charge < -0.3 is 4.74 Å². The highest BCUT2D eigenvalue weighted by Crippen LogP contribution is 2.11. The van der Waals surface area contributed by atoms with Gasteiger partial charge in [-0.3, -0.25) is 9.30 Å². The standard InChI is InChI=1S/C14H22N4O/c1-5-19-7-6-17(4)10-13-9-15-14-16-11(2)8-12(3)18(13)14/h8-9H,5-7,10H2,1-4H3. The molecule has 0 saturated heterocycles. The Morgan fingerprint density at radius 2 is 2.16 bits per heavy atom. The number of hydrogen-bond acceptors (Lipinski definition) is 4. The normalized spacial score (nSPS) is 11.6. The van der Waals surface area contributed by atoms with E-state index in [4.69, 9.17) is 4.74 Å². The van der Waals surface area contributed by atoms with Gasteiger partial charge in [-0.2, -0.15) is 0 Å². The van der Waals surface area contributed by atoms with Crippen LogP contribution in [0.25, 0.3) is 5.78 Å². The number of aromatic nitrogens is 3. The molecule has 0 spiro atoms. The van der Waals surface area contributed by atoms with Crippen molar-refractivity contribution in [2.75, 3.05) is 26.8 Å². The van der Waals surface area contributed by atoms with Crippen molar-refractivity contribution in [1.82, 2.24) is 19.3 Å². The van der Waals surface area contributed by atoms with Crippen molar-refractivity contribution in [1.29, 1.82) is 0 Å². The third-order valence-corrected chi connectivity index (χ3v) is 3.12. The van der Waals surface area contributed by atoms with Gasteiger partial charge in [-0.15, -0.1) is 0 Å². The van der Waals surface area contributed by atoms with E-state index in [9.17, 15) is 0 Å². The lowest BCUT2D eigenvalue weighted by Gasteiger charge is -2.16. The molecule has 5 nitrogen and oxygen atoms in total. The zero-order chi connectivity index (χ0) is 13.8. The maximum absolute atomic E-state index is 5.37. The summed E-state index contributed by atoms with van der Waals surface area (Å²) in [7, 11) is 2.09. The van der Waals surface area contributed by atoms with Gasteiger partial charge in [0.05, 0.1) is 18.5 Å². The van der Waals surface area contributed by atoms with E-state index in [2.05, 4.69) is 39.3 Å². The van der Waals surface area contributed by atoms with Crippen LogP contribution in [0.1, 0.15) is 24.0 Å². The molecule has 2 rings (SSSR count). The minimum atomic E-state index is 0.764. The fourth-order valence-electron chi connectivity index (χ4n) is 2.23. The summed E-state index contributed by atoms with van der Waals surface area (Å²) in [4.78, 5) is 11.1. The number of rotatable bonds is 6. The summed E-state index contributed by atoms with van der Waals surface area (Å²) in [6.07, 6.45) is 1.91. The molecule has 0 aliphatic heterocycles. The highest BCUT2D eigenvalue weighted by molar-refractivity contribution is 5.35. The van der Waals surface area contributed by atoms with Crippen molar-refractivity contribution in [2.45, 2.75) is 27.3 Å². The van der Waals surface area contributed by atoms with E-state index in [0.717, 1.165) is 37.8 Å². The van der Waals surface area contributed by atoms with Crippen LogP contribution in [0.4, 0.5) is 0 Å². The molecule has 2 aromatic rings. The molecule has 0 atom stereocenters. The van der Waals surface area contributed by atoms with E-state index < -0.39 is 0 Å². The topological polar surface area (TPSA) is 42.7 Å². The largest absolute Gasteiger partial charge is 0.380 e. The molecule has 0 saturated carbocycles. The predicted molar refractivity (Wildman–Crippen MR) is 75.3 cm³/mol. The second-order valence-corrected chi connectivity index (χ2v) is 4.86. The van der Waals surface area contributed by atoms with Crippen molar-refractivity contribution in [2.24, 2.45) is 0 Å². The molecular formula is C14H22N4O. The van der Waals surface area contributed by atoms with Crippen molar-refractivity contribution in [3.8, 4) is 0 Å². The van der Waals surface area contributed by atoms with Gasteiger partial charge in [0.2, 0.25) is 5.78 Å². The molecule has 0 aliphatic rings. The summed E-state index contributed by atoms with van der Waals surface area (Å²) in [5.74, 6) is 0.783. The molecule has 0 fully saturated rings. The quantitative estimate of drug-likeness (QED) is 0.745. The van der Waals surface area contributed by atoms with Gasteiger partial charge in [-0.1, -0.05) is 0 Å². The molecule has 0 radical (unpaired) electrons. The molecule has 2 aromatic heterocycles. The monoisotopic (exact) mass is 262 g/mol. The number of likely N-dealkylation sites (N-methyl/N-ethyl adjacent to an activating group) is 1. The van der Waals surface area contributed by atoms with Crippen molar-refractivity contribution in [3.63, 3.8) is 0 Å². The first-order valence-corrected chi connectivity index (χ1v) is 6.68. The summed E-state index contributed by atoms with van der Waals surface area (Å²) < 4.78 is 7.49. The third-order valence-electron chi connectivity index (χ3n) is 3.12. The molecule has 0 bridgehead atoms. The first kappa shape index (κ1) is 14.0. The lowest BCUT2D eigenvalue weighted by Crippen LogP contribution is -2.23. The Morgan fingerprint density at radius 3 is 2.89 bits per heavy atom. The predicted octanol–water partition coefficient (Wildman–Crippen LogP) is 1.81. The van der Waals surface area contributed by atoms with E-state index in [1.807, 2.05) is 20.0 Å². The van der Waals surface area contributed by atoms with Crippen LogP contribution >= 0.6 is 0 Å². The maximum atomic E-state index is 5.37. The van der Waals surface area contributed by atoms with E-state index >= 15 is 0 Å². The zero-order valence-corrected chi connectivity index (χ0v) is 12.2. The van der Waals surface area contributed by atoms with Crippen molar-refractivity contribution < 1.29 is 4.74 Å². The van der Waals surface area contributed by atoms with Crippen LogP contribution in [0.15, 0.2) is 12.3 Å².